The minimum Gasteiger partial charge on any atom is -0.508 e. The number of amides is 1. The summed E-state index contributed by atoms with van der Waals surface area (Å²) in [6, 6.07) is 12.3. The smallest absolute Gasteiger partial charge is 0.271 e. The van der Waals surface area contributed by atoms with Crippen molar-refractivity contribution in [2.45, 2.75) is 0 Å². The number of phenolic OH excluding ortho intramolecular Hbond substituents is 2. The Morgan fingerprint density at radius 1 is 0.947 bits per heavy atom. The van der Waals surface area contributed by atoms with E-state index in [9.17, 15) is 4.79 Å². The first kappa shape index (κ1) is 12.6. The quantitative estimate of drug-likeness (QED) is 0.579. The fraction of sp³-hybridized carbons (Fsp3) is 0. The van der Waals surface area contributed by atoms with Crippen LogP contribution in [0.4, 0.5) is 0 Å². The molecule has 3 N–H and O–H groups in total. The molecule has 0 radical (unpaired) electrons. The van der Waals surface area contributed by atoms with E-state index in [0.717, 1.165) is 5.56 Å². The van der Waals surface area contributed by atoms with Gasteiger partial charge in [-0.05, 0) is 54.1 Å². The second-order valence-corrected chi connectivity index (χ2v) is 3.84. The van der Waals surface area contributed by atoms with Crippen LogP contribution in [0.15, 0.2) is 53.6 Å². The van der Waals surface area contributed by atoms with Gasteiger partial charge in [-0.15, -0.1) is 0 Å². The molecule has 0 heterocycles. The number of phenols is 2. The van der Waals surface area contributed by atoms with Crippen LogP contribution in [0.5, 0.6) is 11.5 Å². The summed E-state index contributed by atoms with van der Waals surface area (Å²) in [7, 11) is 0. The van der Waals surface area contributed by atoms with Crippen LogP contribution in [0.3, 0.4) is 0 Å². The van der Waals surface area contributed by atoms with Gasteiger partial charge in [0.25, 0.3) is 5.91 Å². The van der Waals surface area contributed by atoms with Crippen LogP contribution in [-0.2, 0) is 0 Å². The molecule has 0 saturated carbocycles. The zero-order valence-corrected chi connectivity index (χ0v) is 9.95. The molecule has 0 atom stereocenters. The third-order valence-corrected chi connectivity index (χ3v) is 2.40. The highest BCUT2D eigenvalue weighted by Crippen LogP contribution is 2.09. The zero-order valence-electron chi connectivity index (χ0n) is 9.95. The van der Waals surface area contributed by atoms with Gasteiger partial charge in [0.1, 0.15) is 11.5 Å². The molecule has 0 fully saturated rings. The number of hydrogen-bond acceptors (Lipinski definition) is 4. The lowest BCUT2D eigenvalue weighted by molar-refractivity contribution is 0.0955. The van der Waals surface area contributed by atoms with E-state index in [1.807, 2.05) is 0 Å². The Bertz CT molecular complexity index is 589. The number of rotatable bonds is 3. The predicted molar refractivity (Wildman–Crippen MR) is 71.3 cm³/mol. The zero-order chi connectivity index (χ0) is 13.7. The molecule has 2 aromatic rings. The monoisotopic (exact) mass is 256 g/mol. The number of carbonyl (C=O) groups excluding carboxylic acids is 1. The average Bonchev–Trinajstić information content (AvgIpc) is 2.41. The van der Waals surface area contributed by atoms with Crippen molar-refractivity contribution in [1.82, 2.24) is 5.43 Å². The Morgan fingerprint density at radius 3 is 2.05 bits per heavy atom. The highest BCUT2D eigenvalue weighted by Gasteiger charge is 2.02. The predicted octanol–water partition coefficient (Wildman–Crippen LogP) is 1.86. The van der Waals surface area contributed by atoms with Crippen molar-refractivity contribution in [3.8, 4) is 11.5 Å². The lowest BCUT2D eigenvalue weighted by atomic mass is 10.2. The van der Waals surface area contributed by atoms with Gasteiger partial charge in [-0.2, -0.15) is 5.10 Å². The van der Waals surface area contributed by atoms with Crippen LogP contribution >= 0.6 is 0 Å². The highest BCUT2D eigenvalue weighted by molar-refractivity contribution is 5.94. The van der Waals surface area contributed by atoms with E-state index in [1.165, 1.54) is 42.6 Å². The van der Waals surface area contributed by atoms with E-state index in [1.54, 1.807) is 12.1 Å². The molecule has 2 aromatic carbocycles. The molecular weight excluding hydrogens is 244 g/mol. The summed E-state index contributed by atoms with van der Waals surface area (Å²) in [6.45, 7) is 0. The molecule has 0 aliphatic rings. The maximum absolute atomic E-state index is 11.7. The number of benzene rings is 2. The lowest BCUT2D eigenvalue weighted by Gasteiger charge is -1.99. The first-order chi connectivity index (χ1) is 9.15. The fourth-order valence-corrected chi connectivity index (χ4v) is 1.40. The Balaban J connectivity index is 1.96. The van der Waals surface area contributed by atoms with Crippen molar-refractivity contribution < 1.29 is 15.0 Å². The van der Waals surface area contributed by atoms with Gasteiger partial charge < -0.3 is 10.2 Å². The Kier molecular flexibility index (Phi) is 3.78. The highest BCUT2D eigenvalue weighted by atomic mass is 16.3. The molecule has 1 amide bonds. The van der Waals surface area contributed by atoms with Gasteiger partial charge in [0, 0.05) is 5.56 Å². The molecule has 0 unspecified atom stereocenters. The van der Waals surface area contributed by atoms with Crippen molar-refractivity contribution in [3.63, 3.8) is 0 Å². The fourth-order valence-electron chi connectivity index (χ4n) is 1.40. The Labute approximate surface area is 109 Å². The van der Waals surface area contributed by atoms with E-state index in [0.29, 0.717) is 5.56 Å². The number of nitrogens with zero attached hydrogens (tertiary/aromatic N) is 1. The van der Waals surface area contributed by atoms with E-state index < -0.39 is 0 Å². The van der Waals surface area contributed by atoms with Gasteiger partial charge >= 0.3 is 0 Å². The summed E-state index contributed by atoms with van der Waals surface area (Å²) in [5, 5.41) is 22.0. The molecule has 19 heavy (non-hydrogen) atoms. The first-order valence-electron chi connectivity index (χ1n) is 5.56. The van der Waals surface area contributed by atoms with Crippen LogP contribution in [0.2, 0.25) is 0 Å². The van der Waals surface area contributed by atoms with Crippen molar-refractivity contribution >= 4 is 12.1 Å². The minimum atomic E-state index is -0.366. The second-order valence-electron chi connectivity index (χ2n) is 3.84. The lowest BCUT2D eigenvalue weighted by Crippen LogP contribution is -2.17. The van der Waals surface area contributed by atoms with Crippen LogP contribution in [-0.4, -0.2) is 22.3 Å². The maximum atomic E-state index is 11.7. The van der Waals surface area contributed by atoms with Gasteiger partial charge in [-0.1, -0.05) is 0 Å². The van der Waals surface area contributed by atoms with Gasteiger partial charge in [0.2, 0.25) is 0 Å². The molecule has 0 aliphatic heterocycles. The molecule has 0 saturated heterocycles. The molecule has 2 rings (SSSR count). The number of aromatic hydroxyl groups is 2. The number of hydrogen-bond donors (Lipinski definition) is 3. The van der Waals surface area contributed by atoms with Crippen LogP contribution in [0.1, 0.15) is 15.9 Å². The Hall–Kier alpha value is -2.82. The molecule has 0 aromatic heterocycles. The largest absolute Gasteiger partial charge is 0.508 e. The topological polar surface area (TPSA) is 81.9 Å². The summed E-state index contributed by atoms with van der Waals surface area (Å²) in [5.74, 6) is -0.0931. The van der Waals surface area contributed by atoms with E-state index in [4.69, 9.17) is 10.2 Å². The SMILES string of the molecule is O=C(N/N=C/c1ccc(O)cc1)c1ccc(O)cc1. The van der Waals surface area contributed by atoms with Crippen molar-refractivity contribution in [3.05, 3.63) is 59.7 Å². The molecule has 0 bridgehead atoms. The van der Waals surface area contributed by atoms with E-state index in [-0.39, 0.29) is 17.4 Å². The summed E-state index contributed by atoms with van der Waals surface area (Å²) in [6.07, 6.45) is 1.47. The van der Waals surface area contributed by atoms with Crippen LogP contribution in [0.25, 0.3) is 0 Å². The standard InChI is InChI=1S/C14H12N2O3/c17-12-5-1-10(2-6-12)9-15-16-14(19)11-3-7-13(18)8-4-11/h1-9,17-18H,(H,16,19)/b15-9+. The summed E-state index contributed by atoms with van der Waals surface area (Å²) < 4.78 is 0. The summed E-state index contributed by atoms with van der Waals surface area (Å²) in [4.78, 5) is 11.7. The van der Waals surface area contributed by atoms with Gasteiger partial charge in [-0.25, -0.2) is 5.43 Å². The third kappa shape index (κ3) is 3.57. The van der Waals surface area contributed by atoms with Crippen LogP contribution < -0.4 is 5.43 Å². The van der Waals surface area contributed by atoms with Crippen molar-refractivity contribution in [2.75, 3.05) is 0 Å². The number of carbonyl (C=O) groups is 1. The molecular formula is C14H12N2O3. The van der Waals surface area contributed by atoms with E-state index >= 15 is 0 Å². The normalized spacial score (nSPS) is 10.5. The number of nitrogens with one attached hydrogen (secondary N) is 1. The van der Waals surface area contributed by atoms with Gasteiger partial charge in [-0.3, -0.25) is 4.79 Å². The van der Waals surface area contributed by atoms with Gasteiger partial charge in [0.05, 0.1) is 6.21 Å². The van der Waals surface area contributed by atoms with Crippen molar-refractivity contribution in [2.24, 2.45) is 5.10 Å². The molecule has 5 heteroatoms. The minimum absolute atomic E-state index is 0.101. The van der Waals surface area contributed by atoms with Gasteiger partial charge in [0.15, 0.2) is 0 Å². The Morgan fingerprint density at radius 2 is 1.47 bits per heavy atom. The van der Waals surface area contributed by atoms with Crippen LogP contribution in [0, 0.1) is 0 Å². The average molecular weight is 256 g/mol. The molecule has 0 spiro atoms. The second kappa shape index (κ2) is 5.68. The molecule has 96 valence electrons. The summed E-state index contributed by atoms with van der Waals surface area (Å²) in [5.41, 5.74) is 3.52. The molecule has 5 nitrogen and oxygen atoms in total. The van der Waals surface area contributed by atoms with Crippen molar-refractivity contribution in [1.29, 1.82) is 0 Å². The number of hydrazone groups is 1. The van der Waals surface area contributed by atoms with E-state index in [2.05, 4.69) is 10.5 Å². The molecule has 0 aliphatic carbocycles. The summed E-state index contributed by atoms with van der Waals surface area (Å²) >= 11 is 0. The first-order valence-corrected chi connectivity index (χ1v) is 5.56. The third-order valence-electron chi connectivity index (χ3n) is 2.40. The maximum Gasteiger partial charge on any atom is 0.271 e.